The zero-order chi connectivity index (χ0) is 19.9. The van der Waals surface area contributed by atoms with Crippen LogP contribution >= 0.6 is 0 Å². The third-order valence-electron chi connectivity index (χ3n) is 6.34. The highest BCUT2D eigenvalue weighted by Crippen LogP contribution is 2.34. The van der Waals surface area contributed by atoms with Gasteiger partial charge in [-0.2, -0.15) is 0 Å². The zero-order valence-corrected chi connectivity index (χ0v) is 16.2. The van der Waals surface area contributed by atoms with Crippen molar-refractivity contribution in [2.24, 2.45) is 0 Å². The Labute approximate surface area is 164 Å². The first-order valence-corrected chi connectivity index (χ1v) is 9.97. The fourth-order valence-electron chi connectivity index (χ4n) is 4.50. The number of amides is 2. The Balaban J connectivity index is 1.57. The number of fused-ring (bicyclic) bond motifs is 1. The maximum absolute atomic E-state index is 13.1. The highest BCUT2D eigenvalue weighted by Gasteiger charge is 2.38. The van der Waals surface area contributed by atoms with Crippen LogP contribution in [0.1, 0.15) is 64.9 Å². The Bertz CT molecular complexity index is 782. The van der Waals surface area contributed by atoms with Gasteiger partial charge in [-0.05, 0) is 31.7 Å². The Morgan fingerprint density at radius 1 is 1.32 bits per heavy atom. The summed E-state index contributed by atoms with van der Waals surface area (Å²) in [5.41, 5.74) is 0.297. The number of aliphatic hydroxyl groups excluding tert-OH is 1. The fraction of sp³-hybridized carbons (Fsp3) is 0.650. The van der Waals surface area contributed by atoms with Gasteiger partial charge in [0.15, 0.2) is 0 Å². The summed E-state index contributed by atoms with van der Waals surface area (Å²) in [6, 6.07) is 1.87. The molecule has 0 spiro atoms. The van der Waals surface area contributed by atoms with Crippen LogP contribution in [0.25, 0.3) is 0 Å². The molecule has 2 aliphatic heterocycles. The molecule has 4 rings (SSSR count). The molecule has 2 N–H and O–H groups in total. The molecule has 1 aliphatic carbocycles. The van der Waals surface area contributed by atoms with E-state index in [2.05, 4.69) is 4.98 Å². The molecule has 0 unspecified atom stereocenters. The van der Waals surface area contributed by atoms with Gasteiger partial charge in [-0.15, -0.1) is 0 Å². The van der Waals surface area contributed by atoms with Crippen molar-refractivity contribution in [1.29, 1.82) is 0 Å². The van der Waals surface area contributed by atoms with E-state index >= 15 is 0 Å². The van der Waals surface area contributed by atoms with E-state index in [1.807, 2.05) is 4.90 Å². The van der Waals surface area contributed by atoms with Gasteiger partial charge in [-0.1, -0.05) is 12.8 Å². The number of carbonyl (C=O) groups is 2. The average Bonchev–Trinajstić information content (AvgIpc) is 3.35. The van der Waals surface area contributed by atoms with Crippen LogP contribution < -0.4 is 4.74 Å². The van der Waals surface area contributed by atoms with Gasteiger partial charge in [-0.3, -0.25) is 9.59 Å². The van der Waals surface area contributed by atoms with Gasteiger partial charge < -0.3 is 24.7 Å². The molecule has 3 aliphatic rings. The van der Waals surface area contributed by atoms with Crippen molar-refractivity contribution in [3.63, 3.8) is 0 Å². The van der Waals surface area contributed by atoms with Gasteiger partial charge in [0.05, 0.1) is 37.1 Å². The van der Waals surface area contributed by atoms with Gasteiger partial charge >= 0.3 is 0 Å². The summed E-state index contributed by atoms with van der Waals surface area (Å²) in [5, 5.41) is 19.5. The molecular weight excluding hydrogens is 362 g/mol. The third kappa shape index (κ3) is 3.24. The number of methoxy groups -OCH3 is 1. The normalized spacial score (nSPS) is 21.9. The summed E-state index contributed by atoms with van der Waals surface area (Å²) in [6.07, 6.45) is 4.93. The highest BCUT2D eigenvalue weighted by molar-refractivity contribution is 6.03. The molecule has 1 aromatic rings. The number of rotatable bonds is 4. The number of likely N-dealkylation sites (tertiary alicyclic amines) is 1. The smallest absolute Gasteiger partial charge is 0.259 e. The van der Waals surface area contributed by atoms with Crippen molar-refractivity contribution >= 4 is 11.8 Å². The number of pyridine rings is 1. The Kier molecular flexibility index (Phi) is 5.01. The lowest BCUT2D eigenvalue weighted by Gasteiger charge is -2.37. The maximum Gasteiger partial charge on any atom is 0.259 e. The van der Waals surface area contributed by atoms with Crippen molar-refractivity contribution in [2.75, 3.05) is 26.8 Å². The zero-order valence-electron chi connectivity index (χ0n) is 16.2. The van der Waals surface area contributed by atoms with Crippen LogP contribution in [-0.4, -0.2) is 75.3 Å². The second-order valence-corrected chi connectivity index (χ2v) is 8.09. The van der Waals surface area contributed by atoms with E-state index in [4.69, 9.17) is 4.74 Å². The van der Waals surface area contributed by atoms with Crippen molar-refractivity contribution in [1.82, 2.24) is 14.8 Å². The SMILES string of the molecule is COc1nc2c(cc1C(=O)N1CCC(O)(CO)CC1)C(=O)N(C1CCCC1)C2. The van der Waals surface area contributed by atoms with Crippen LogP contribution in [0.3, 0.4) is 0 Å². The van der Waals surface area contributed by atoms with Gasteiger partial charge in [-0.25, -0.2) is 4.98 Å². The average molecular weight is 389 g/mol. The van der Waals surface area contributed by atoms with Crippen LogP contribution in [0.4, 0.5) is 0 Å². The van der Waals surface area contributed by atoms with E-state index in [1.165, 1.54) is 7.11 Å². The summed E-state index contributed by atoms with van der Waals surface area (Å²) in [7, 11) is 1.47. The van der Waals surface area contributed by atoms with Crippen molar-refractivity contribution in [3.05, 3.63) is 22.9 Å². The second-order valence-electron chi connectivity index (χ2n) is 8.09. The topological polar surface area (TPSA) is 103 Å². The predicted molar refractivity (Wildman–Crippen MR) is 100 cm³/mol. The first-order valence-electron chi connectivity index (χ1n) is 9.97. The maximum atomic E-state index is 13.1. The van der Waals surface area contributed by atoms with Crippen molar-refractivity contribution in [2.45, 2.75) is 56.7 Å². The largest absolute Gasteiger partial charge is 0.480 e. The van der Waals surface area contributed by atoms with Crippen molar-refractivity contribution in [3.8, 4) is 5.88 Å². The predicted octanol–water partition coefficient (Wildman–Crippen LogP) is 0.948. The molecule has 8 nitrogen and oxygen atoms in total. The Morgan fingerprint density at radius 3 is 2.61 bits per heavy atom. The minimum Gasteiger partial charge on any atom is -0.480 e. The van der Waals surface area contributed by atoms with E-state index in [1.54, 1.807) is 11.0 Å². The van der Waals surface area contributed by atoms with Crippen LogP contribution in [0.5, 0.6) is 5.88 Å². The number of hydrogen-bond acceptors (Lipinski definition) is 6. The monoisotopic (exact) mass is 389 g/mol. The lowest BCUT2D eigenvalue weighted by molar-refractivity contribution is -0.0546. The first kappa shape index (κ1) is 19.1. The number of ether oxygens (including phenoxy) is 1. The highest BCUT2D eigenvalue weighted by atomic mass is 16.5. The molecule has 8 heteroatoms. The molecule has 2 amide bonds. The molecule has 0 bridgehead atoms. The molecule has 1 saturated carbocycles. The summed E-state index contributed by atoms with van der Waals surface area (Å²) < 4.78 is 5.36. The van der Waals surface area contributed by atoms with Crippen molar-refractivity contribution < 1.29 is 24.5 Å². The fourth-order valence-corrected chi connectivity index (χ4v) is 4.50. The molecule has 28 heavy (non-hydrogen) atoms. The lowest BCUT2D eigenvalue weighted by atomic mass is 9.92. The van der Waals surface area contributed by atoms with E-state index < -0.39 is 5.60 Å². The van der Waals surface area contributed by atoms with Crippen LogP contribution in [0.2, 0.25) is 0 Å². The summed E-state index contributed by atoms with van der Waals surface area (Å²) in [5.74, 6) is -0.0912. The number of carbonyl (C=O) groups excluding carboxylic acids is 2. The van der Waals surface area contributed by atoms with Crippen LogP contribution in [0.15, 0.2) is 6.07 Å². The van der Waals surface area contributed by atoms with Gasteiger partial charge in [0.1, 0.15) is 5.56 Å². The number of piperidine rings is 1. The van der Waals surface area contributed by atoms with Crippen LogP contribution in [0, 0.1) is 0 Å². The van der Waals surface area contributed by atoms with Crippen LogP contribution in [-0.2, 0) is 6.54 Å². The lowest BCUT2D eigenvalue weighted by Crippen LogP contribution is -2.48. The third-order valence-corrected chi connectivity index (χ3v) is 6.34. The quantitative estimate of drug-likeness (QED) is 0.795. The minimum atomic E-state index is -1.13. The molecular formula is C20H27N3O5. The Morgan fingerprint density at radius 2 is 2.00 bits per heavy atom. The van der Waals surface area contributed by atoms with Gasteiger partial charge in [0.2, 0.25) is 5.88 Å². The summed E-state index contributed by atoms with van der Waals surface area (Å²) in [4.78, 5) is 34.0. The Hall–Kier alpha value is -2.19. The van der Waals surface area contributed by atoms with Gasteiger partial charge in [0.25, 0.3) is 11.8 Å². The standard InChI is InChI=1S/C20H27N3O5/c1-28-17-15(18(25)22-8-6-20(27,12-24)7-9-22)10-14-16(21-17)11-23(19(14)26)13-4-2-3-5-13/h10,13,24,27H,2-9,11-12H2,1H3. The van der Waals surface area contributed by atoms with Gasteiger partial charge in [0, 0.05) is 19.1 Å². The summed E-state index contributed by atoms with van der Waals surface area (Å²) >= 11 is 0. The number of aliphatic hydroxyl groups is 2. The molecule has 0 aromatic carbocycles. The molecule has 0 atom stereocenters. The minimum absolute atomic E-state index is 0.0561. The van der Waals surface area contributed by atoms with E-state index in [0.717, 1.165) is 25.7 Å². The number of hydrogen-bond donors (Lipinski definition) is 2. The van der Waals surface area contributed by atoms with E-state index in [9.17, 15) is 19.8 Å². The number of nitrogens with zero attached hydrogens (tertiary/aromatic N) is 3. The molecule has 2 fully saturated rings. The molecule has 0 radical (unpaired) electrons. The molecule has 152 valence electrons. The molecule has 1 saturated heterocycles. The van der Waals surface area contributed by atoms with E-state index in [0.29, 0.717) is 43.7 Å². The number of aromatic nitrogens is 1. The van der Waals surface area contributed by atoms with E-state index in [-0.39, 0.29) is 35.9 Å². The molecule has 1 aromatic heterocycles. The molecule has 3 heterocycles. The first-order chi connectivity index (χ1) is 13.5. The second kappa shape index (κ2) is 7.33. The summed E-state index contributed by atoms with van der Waals surface area (Å²) in [6.45, 7) is 0.817.